The predicted octanol–water partition coefficient (Wildman–Crippen LogP) is 3.57. The zero-order valence-corrected chi connectivity index (χ0v) is 13.8. The number of hydrogen-bond acceptors (Lipinski definition) is 3. The molecule has 3 N–H and O–H groups in total. The Kier molecular flexibility index (Phi) is 5.55. The van der Waals surface area contributed by atoms with Gasteiger partial charge in [-0.1, -0.05) is 25.7 Å². The first-order valence-corrected chi connectivity index (χ1v) is 9.00. The summed E-state index contributed by atoms with van der Waals surface area (Å²) in [5.74, 6) is 2.82. The van der Waals surface area contributed by atoms with E-state index in [1.165, 1.54) is 32.1 Å². The second-order valence-electron chi connectivity index (χ2n) is 6.97. The first-order valence-electron chi connectivity index (χ1n) is 9.00. The molecule has 0 aromatic heterocycles. The van der Waals surface area contributed by atoms with Gasteiger partial charge in [-0.3, -0.25) is 4.79 Å². The number of fused-ring (bicyclic) bond motifs is 1. The zero-order chi connectivity index (χ0) is 16.1. The highest BCUT2D eigenvalue weighted by Crippen LogP contribution is 2.42. The largest absolute Gasteiger partial charge is 0.492 e. The van der Waals surface area contributed by atoms with Gasteiger partial charge in [0.1, 0.15) is 12.4 Å². The molecule has 2 aliphatic rings. The molecule has 3 atom stereocenters. The molecule has 0 radical (unpaired) electrons. The first kappa shape index (κ1) is 16.3. The van der Waals surface area contributed by atoms with Crippen LogP contribution in [0.1, 0.15) is 44.9 Å². The van der Waals surface area contributed by atoms with Crippen molar-refractivity contribution < 1.29 is 9.53 Å². The van der Waals surface area contributed by atoms with E-state index in [9.17, 15) is 4.79 Å². The molecule has 4 nitrogen and oxygen atoms in total. The highest BCUT2D eigenvalue weighted by molar-refractivity contribution is 5.92. The lowest BCUT2D eigenvalue weighted by molar-refractivity contribution is -0.122. The number of rotatable bonds is 5. The Bertz CT molecular complexity index is 515. The molecule has 2 fully saturated rings. The molecule has 0 spiro atoms. The number of nitrogens with one attached hydrogen (secondary N) is 1. The summed E-state index contributed by atoms with van der Waals surface area (Å²) in [5.41, 5.74) is 6.27. The normalized spacial score (nSPS) is 27.1. The van der Waals surface area contributed by atoms with Crippen molar-refractivity contribution in [2.75, 3.05) is 18.5 Å². The Hall–Kier alpha value is -1.55. The molecule has 0 aliphatic heterocycles. The summed E-state index contributed by atoms with van der Waals surface area (Å²) < 4.78 is 5.45. The summed E-state index contributed by atoms with van der Waals surface area (Å²) in [5, 5.41) is 3.07. The number of amides is 1. The Morgan fingerprint density at radius 1 is 1.09 bits per heavy atom. The van der Waals surface area contributed by atoms with Crippen LogP contribution < -0.4 is 15.8 Å². The maximum atomic E-state index is 12.5. The summed E-state index contributed by atoms with van der Waals surface area (Å²) in [6.07, 6.45) is 8.79. The number of anilines is 1. The van der Waals surface area contributed by atoms with Gasteiger partial charge in [0.2, 0.25) is 5.91 Å². The third kappa shape index (κ3) is 4.25. The second-order valence-corrected chi connectivity index (χ2v) is 6.97. The molecular formula is C19H28N2O2. The van der Waals surface area contributed by atoms with Crippen molar-refractivity contribution >= 4 is 11.6 Å². The lowest BCUT2D eigenvalue weighted by Gasteiger charge is -2.38. The van der Waals surface area contributed by atoms with Crippen LogP contribution in [0.15, 0.2) is 24.3 Å². The third-order valence-electron chi connectivity index (χ3n) is 5.42. The lowest BCUT2D eigenvalue weighted by atomic mass is 9.67. The Morgan fingerprint density at radius 2 is 1.83 bits per heavy atom. The van der Waals surface area contributed by atoms with Crippen molar-refractivity contribution in [3.05, 3.63) is 24.3 Å². The van der Waals surface area contributed by atoms with Crippen LogP contribution in [-0.2, 0) is 4.79 Å². The Morgan fingerprint density at radius 3 is 2.57 bits per heavy atom. The van der Waals surface area contributed by atoms with Crippen molar-refractivity contribution in [3.63, 3.8) is 0 Å². The van der Waals surface area contributed by atoms with E-state index < -0.39 is 0 Å². The molecule has 4 heteroatoms. The zero-order valence-electron chi connectivity index (χ0n) is 13.8. The number of carbonyl (C=O) groups is 1. The maximum Gasteiger partial charge on any atom is 0.227 e. The molecule has 1 amide bonds. The Labute approximate surface area is 138 Å². The van der Waals surface area contributed by atoms with Crippen molar-refractivity contribution in [3.8, 4) is 5.75 Å². The van der Waals surface area contributed by atoms with Gasteiger partial charge in [0.15, 0.2) is 0 Å². The number of ether oxygens (including phenoxy) is 1. The average molecular weight is 316 g/mol. The maximum absolute atomic E-state index is 12.5. The number of benzene rings is 1. The highest BCUT2D eigenvalue weighted by Gasteiger charge is 2.34. The second kappa shape index (κ2) is 7.82. The predicted molar refractivity (Wildman–Crippen MR) is 92.4 cm³/mol. The number of nitrogens with two attached hydrogens (primary N) is 1. The minimum absolute atomic E-state index is 0.183. The molecule has 3 rings (SSSR count). The smallest absolute Gasteiger partial charge is 0.227 e. The SMILES string of the molecule is NCCOc1ccc(NC(=O)C2CCC3CCCCC3C2)cc1. The van der Waals surface area contributed by atoms with E-state index in [4.69, 9.17) is 10.5 Å². The molecular weight excluding hydrogens is 288 g/mol. The average Bonchev–Trinajstić information content (AvgIpc) is 2.60. The van der Waals surface area contributed by atoms with Crippen LogP contribution in [0, 0.1) is 17.8 Å². The summed E-state index contributed by atoms with van der Waals surface area (Å²) in [4.78, 5) is 12.5. The van der Waals surface area contributed by atoms with Gasteiger partial charge in [-0.15, -0.1) is 0 Å². The van der Waals surface area contributed by atoms with E-state index in [0.717, 1.165) is 36.1 Å². The topological polar surface area (TPSA) is 64.3 Å². The summed E-state index contributed by atoms with van der Waals surface area (Å²) in [7, 11) is 0. The monoisotopic (exact) mass is 316 g/mol. The van der Waals surface area contributed by atoms with Crippen LogP contribution in [0.4, 0.5) is 5.69 Å². The van der Waals surface area contributed by atoms with Crippen LogP contribution in [0.25, 0.3) is 0 Å². The van der Waals surface area contributed by atoms with Crippen LogP contribution in [0.5, 0.6) is 5.75 Å². The number of carbonyl (C=O) groups excluding carboxylic acids is 1. The molecule has 1 aromatic carbocycles. The number of hydrogen-bond donors (Lipinski definition) is 2. The highest BCUT2D eigenvalue weighted by atomic mass is 16.5. The molecule has 2 saturated carbocycles. The van der Waals surface area contributed by atoms with Crippen LogP contribution in [0.2, 0.25) is 0 Å². The Balaban J connectivity index is 1.52. The van der Waals surface area contributed by atoms with Gasteiger partial charge in [0.25, 0.3) is 0 Å². The van der Waals surface area contributed by atoms with Gasteiger partial charge in [0, 0.05) is 18.2 Å². The van der Waals surface area contributed by atoms with Gasteiger partial charge in [-0.2, -0.15) is 0 Å². The van der Waals surface area contributed by atoms with Gasteiger partial charge < -0.3 is 15.8 Å². The first-order chi connectivity index (χ1) is 11.3. The molecule has 126 valence electrons. The fraction of sp³-hybridized carbons (Fsp3) is 0.632. The van der Waals surface area contributed by atoms with Gasteiger partial charge in [-0.05, 0) is 55.4 Å². The summed E-state index contributed by atoms with van der Waals surface area (Å²) in [6.45, 7) is 1.01. The van der Waals surface area contributed by atoms with Crippen LogP contribution >= 0.6 is 0 Å². The van der Waals surface area contributed by atoms with Crippen molar-refractivity contribution in [2.45, 2.75) is 44.9 Å². The standard InChI is InChI=1S/C19H28N2O2/c20-11-12-23-18-9-7-17(8-10-18)21-19(22)16-6-5-14-3-1-2-4-15(14)13-16/h7-10,14-16H,1-6,11-13,20H2,(H,21,22). The summed E-state index contributed by atoms with van der Waals surface area (Å²) >= 11 is 0. The fourth-order valence-corrected chi connectivity index (χ4v) is 4.17. The molecule has 23 heavy (non-hydrogen) atoms. The van der Waals surface area contributed by atoms with Gasteiger partial charge in [-0.25, -0.2) is 0 Å². The van der Waals surface area contributed by atoms with Crippen molar-refractivity contribution in [1.29, 1.82) is 0 Å². The fourth-order valence-electron chi connectivity index (χ4n) is 4.17. The van der Waals surface area contributed by atoms with E-state index in [-0.39, 0.29) is 11.8 Å². The van der Waals surface area contributed by atoms with E-state index >= 15 is 0 Å². The van der Waals surface area contributed by atoms with Gasteiger partial charge in [0.05, 0.1) is 0 Å². The molecule has 0 saturated heterocycles. The van der Waals surface area contributed by atoms with E-state index in [1.54, 1.807) is 0 Å². The van der Waals surface area contributed by atoms with Gasteiger partial charge >= 0.3 is 0 Å². The molecule has 1 aromatic rings. The summed E-state index contributed by atoms with van der Waals surface area (Å²) in [6, 6.07) is 7.55. The van der Waals surface area contributed by atoms with Crippen molar-refractivity contribution in [1.82, 2.24) is 0 Å². The molecule has 0 heterocycles. The van der Waals surface area contributed by atoms with E-state index in [2.05, 4.69) is 5.32 Å². The van der Waals surface area contributed by atoms with Crippen LogP contribution in [0.3, 0.4) is 0 Å². The quantitative estimate of drug-likeness (QED) is 0.873. The van der Waals surface area contributed by atoms with E-state index in [0.29, 0.717) is 13.2 Å². The molecule has 3 unspecified atom stereocenters. The van der Waals surface area contributed by atoms with Crippen LogP contribution in [-0.4, -0.2) is 19.1 Å². The lowest BCUT2D eigenvalue weighted by Crippen LogP contribution is -2.33. The van der Waals surface area contributed by atoms with E-state index in [1.807, 2.05) is 24.3 Å². The van der Waals surface area contributed by atoms with Crippen molar-refractivity contribution in [2.24, 2.45) is 23.5 Å². The minimum Gasteiger partial charge on any atom is -0.492 e. The molecule has 2 aliphatic carbocycles. The third-order valence-corrected chi connectivity index (χ3v) is 5.42. The minimum atomic E-state index is 0.183. The molecule has 0 bridgehead atoms.